The van der Waals surface area contributed by atoms with Crippen molar-refractivity contribution in [3.8, 4) is 0 Å². The Balaban J connectivity index is 2.40. The first-order valence-electron chi connectivity index (χ1n) is 6.75. The van der Waals surface area contributed by atoms with Crippen molar-refractivity contribution in [3.63, 3.8) is 0 Å². The molecule has 0 spiro atoms. The van der Waals surface area contributed by atoms with Gasteiger partial charge in [-0.3, -0.25) is 14.9 Å². The van der Waals surface area contributed by atoms with E-state index >= 15 is 0 Å². The van der Waals surface area contributed by atoms with Crippen LogP contribution >= 0.6 is 23.2 Å². The summed E-state index contributed by atoms with van der Waals surface area (Å²) < 4.78 is 0. The molecule has 1 aromatic rings. The average Bonchev–Trinajstić information content (AvgIpc) is 2.43. The van der Waals surface area contributed by atoms with E-state index in [2.05, 4.69) is 6.92 Å². The lowest BCUT2D eigenvalue weighted by Gasteiger charge is -2.37. The molecule has 0 saturated carbocycles. The highest BCUT2D eigenvalue weighted by Gasteiger charge is 2.30. The normalized spacial score (nSPS) is 22.2. The number of nitro groups is 1. The standard InChI is InChI=1S/C14H16Cl2N2O3/c1-8-3-4-9(2)17(7-8)14(19)11-5-10(18(20)21)6-12(15)13(11)16/h5-6,8-9H,3-4,7H2,1-2H3. The van der Waals surface area contributed by atoms with Crippen molar-refractivity contribution < 1.29 is 9.72 Å². The highest BCUT2D eigenvalue weighted by Crippen LogP contribution is 2.33. The number of carbonyl (C=O) groups is 1. The molecular formula is C14H16Cl2N2O3. The molecule has 1 fully saturated rings. The van der Waals surface area contributed by atoms with Crippen LogP contribution in [0.1, 0.15) is 37.0 Å². The summed E-state index contributed by atoms with van der Waals surface area (Å²) in [4.78, 5) is 24.7. The fraction of sp³-hybridized carbons (Fsp3) is 0.500. The van der Waals surface area contributed by atoms with Crippen molar-refractivity contribution >= 4 is 34.8 Å². The molecule has 7 heteroatoms. The van der Waals surface area contributed by atoms with Crippen LogP contribution in [0.5, 0.6) is 0 Å². The quantitative estimate of drug-likeness (QED) is 0.604. The summed E-state index contributed by atoms with van der Waals surface area (Å²) in [6.07, 6.45) is 1.97. The third-order valence-corrected chi connectivity index (χ3v) is 4.63. The van der Waals surface area contributed by atoms with E-state index in [1.165, 1.54) is 6.07 Å². The second-order valence-corrected chi connectivity index (χ2v) is 6.32. The highest BCUT2D eigenvalue weighted by molar-refractivity contribution is 6.44. The number of carbonyl (C=O) groups excluding carboxylic acids is 1. The van der Waals surface area contributed by atoms with Crippen molar-refractivity contribution in [1.29, 1.82) is 0 Å². The molecule has 5 nitrogen and oxygen atoms in total. The molecule has 0 aromatic heterocycles. The SMILES string of the molecule is CC1CCC(C)N(C(=O)c2cc([N+](=O)[O-])cc(Cl)c2Cl)C1. The molecule has 2 unspecified atom stereocenters. The predicted octanol–water partition coefficient (Wildman–Crippen LogP) is 4.16. The molecule has 1 saturated heterocycles. The van der Waals surface area contributed by atoms with Crippen molar-refractivity contribution in [2.75, 3.05) is 6.54 Å². The van der Waals surface area contributed by atoms with Crippen molar-refractivity contribution in [3.05, 3.63) is 37.9 Å². The Bertz CT molecular complexity index is 592. The monoisotopic (exact) mass is 330 g/mol. The van der Waals surface area contributed by atoms with Gasteiger partial charge in [-0.1, -0.05) is 30.1 Å². The maximum Gasteiger partial charge on any atom is 0.271 e. The molecular weight excluding hydrogens is 315 g/mol. The number of amides is 1. The summed E-state index contributed by atoms with van der Waals surface area (Å²) in [5.41, 5.74) is -0.137. The number of likely N-dealkylation sites (tertiary alicyclic amines) is 1. The molecule has 0 aliphatic carbocycles. The van der Waals surface area contributed by atoms with Gasteiger partial charge in [-0.05, 0) is 25.7 Å². The minimum Gasteiger partial charge on any atom is -0.336 e. The van der Waals surface area contributed by atoms with E-state index in [1.54, 1.807) is 4.90 Å². The Labute approximate surface area is 133 Å². The van der Waals surface area contributed by atoms with Crippen molar-refractivity contribution in [2.45, 2.75) is 32.7 Å². The van der Waals surface area contributed by atoms with Gasteiger partial charge in [0.2, 0.25) is 0 Å². The van der Waals surface area contributed by atoms with Gasteiger partial charge in [0.1, 0.15) is 0 Å². The number of non-ortho nitro benzene ring substituents is 1. The van der Waals surface area contributed by atoms with Crippen LogP contribution in [0.2, 0.25) is 10.0 Å². The molecule has 2 rings (SSSR count). The number of piperidine rings is 1. The Morgan fingerprint density at radius 1 is 1.33 bits per heavy atom. The number of halogens is 2. The molecule has 114 valence electrons. The van der Waals surface area contributed by atoms with Gasteiger partial charge in [-0.15, -0.1) is 0 Å². The zero-order valence-corrected chi connectivity index (χ0v) is 13.3. The van der Waals surface area contributed by atoms with Gasteiger partial charge >= 0.3 is 0 Å². The van der Waals surface area contributed by atoms with Gasteiger partial charge < -0.3 is 4.90 Å². The molecule has 1 aromatic carbocycles. The van der Waals surface area contributed by atoms with E-state index in [1.807, 2.05) is 6.92 Å². The molecule has 21 heavy (non-hydrogen) atoms. The van der Waals surface area contributed by atoms with Gasteiger partial charge in [-0.2, -0.15) is 0 Å². The van der Waals surface area contributed by atoms with Gasteiger partial charge in [0, 0.05) is 24.7 Å². The van der Waals surface area contributed by atoms with Crippen LogP contribution in [0, 0.1) is 16.0 Å². The second-order valence-electron chi connectivity index (χ2n) is 5.54. The summed E-state index contributed by atoms with van der Waals surface area (Å²) in [6.45, 7) is 4.67. The van der Waals surface area contributed by atoms with Crippen LogP contribution in [0.15, 0.2) is 12.1 Å². The zero-order valence-electron chi connectivity index (χ0n) is 11.8. The number of hydrogen-bond donors (Lipinski definition) is 0. The zero-order chi connectivity index (χ0) is 15.7. The molecule has 1 amide bonds. The smallest absolute Gasteiger partial charge is 0.271 e. The number of nitrogens with zero attached hydrogens (tertiary/aromatic N) is 2. The van der Waals surface area contributed by atoms with Crippen LogP contribution in [0.3, 0.4) is 0 Å². The van der Waals surface area contributed by atoms with E-state index < -0.39 is 4.92 Å². The fourth-order valence-corrected chi connectivity index (χ4v) is 2.97. The Kier molecular flexibility index (Phi) is 4.74. The molecule has 2 atom stereocenters. The van der Waals surface area contributed by atoms with Crippen LogP contribution in [-0.4, -0.2) is 28.3 Å². The predicted molar refractivity (Wildman–Crippen MR) is 82.0 cm³/mol. The van der Waals surface area contributed by atoms with E-state index in [0.29, 0.717) is 12.5 Å². The average molecular weight is 331 g/mol. The van der Waals surface area contributed by atoms with Gasteiger partial charge in [0.25, 0.3) is 11.6 Å². The minimum absolute atomic E-state index is 0.0203. The minimum atomic E-state index is -0.582. The topological polar surface area (TPSA) is 63.5 Å². The maximum atomic E-state index is 12.7. The van der Waals surface area contributed by atoms with Gasteiger partial charge in [0.05, 0.1) is 20.5 Å². The number of hydrogen-bond acceptors (Lipinski definition) is 3. The molecule has 1 aliphatic heterocycles. The third kappa shape index (κ3) is 3.30. The summed E-state index contributed by atoms with van der Waals surface area (Å²) in [5.74, 6) is 0.0998. The lowest BCUT2D eigenvalue weighted by Crippen LogP contribution is -2.45. The first-order valence-corrected chi connectivity index (χ1v) is 7.51. The summed E-state index contributed by atoms with van der Waals surface area (Å²) in [5, 5.41) is 11.0. The van der Waals surface area contributed by atoms with Crippen molar-refractivity contribution in [2.24, 2.45) is 5.92 Å². The van der Waals surface area contributed by atoms with Crippen molar-refractivity contribution in [1.82, 2.24) is 4.90 Å². The largest absolute Gasteiger partial charge is 0.336 e. The van der Waals surface area contributed by atoms with E-state index in [4.69, 9.17) is 23.2 Å². The summed E-state index contributed by atoms with van der Waals surface area (Å²) in [7, 11) is 0. The van der Waals surface area contributed by atoms with E-state index in [-0.39, 0.29) is 33.2 Å². The van der Waals surface area contributed by atoms with E-state index in [0.717, 1.165) is 18.9 Å². The van der Waals surface area contributed by atoms with Crippen LogP contribution in [0.4, 0.5) is 5.69 Å². The van der Waals surface area contributed by atoms with Crippen LogP contribution in [-0.2, 0) is 0 Å². The lowest BCUT2D eigenvalue weighted by molar-refractivity contribution is -0.384. The first-order chi connectivity index (χ1) is 9.81. The number of benzene rings is 1. The molecule has 0 bridgehead atoms. The molecule has 1 heterocycles. The third-order valence-electron chi connectivity index (χ3n) is 3.83. The Hall–Kier alpha value is -1.33. The Morgan fingerprint density at radius 3 is 2.62 bits per heavy atom. The Morgan fingerprint density at radius 2 is 2.00 bits per heavy atom. The number of rotatable bonds is 2. The second kappa shape index (κ2) is 6.20. The van der Waals surface area contributed by atoms with Gasteiger partial charge in [0.15, 0.2) is 0 Å². The summed E-state index contributed by atoms with van der Waals surface area (Å²) >= 11 is 12.0. The highest BCUT2D eigenvalue weighted by atomic mass is 35.5. The molecule has 0 N–H and O–H groups in total. The fourth-order valence-electron chi connectivity index (χ4n) is 2.56. The number of nitro benzene ring substituents is 1. The van der Waals surface area contributed by atoms with E-state index in [9.17, 15) is 14.9 Å². The summed E-state index contributed by atoms with van der Waals surface area (Å²) in [6, 6.07) is 2.44. The first kappa shape index (κ1) is 16.0. The molecule has 1 aliphatic rings. The van der Waals surface area contributed by atoms with Crippen LogP contribution in [0.25, 0.3) is 0 Å². The maximum absolute atomic E-state index is 12.7. The molecule has 0 radical (unpaired) electrons. The lowest BCUT2D eigenvalue weighted by atomic mass is 9.94. The van der Waals surface area contributed by atoms with Gasteiger partial charge in [-0.25, -0.2) is 0 Å². The van der Waals surface area contributed by atoms with Crippen LogP contribution < -0.4 is 0 Å².